The first-order valence-electron chi connectivity index (χ1n) is 13.7. The Morgan fingerprint density at radius 2 is 1.78 bits per heavy atom. The van der Waals surface area contributed by atoms with Crippen molar-refractivity contribution < 1.29 is 14.7 Å². The summed E-state index contributed by atoms with van der Waals surface area (Å²) < 4.78 is 1.87. The fraction of sp³-hybridized carbons (Fsp3) is 0.312. The number of carbonyl (C=O) groups is 2. The van der Waals surface area contributed by atoms with Crippen molar-refractivity contribution in [3.8, 4) is 22.7 Å². The van der Waals surface area contributed by atoms with E-state index >= 15 is 0 Å². The van der Waals surface area contributed by atoms with Gasteiger partial charge in [-0.2, -0.15) is 5.10 Å². The SMILES string of the molecule is CC(=O)N(CCCNc1cc(-c2cccnc2)nn1-c1ccc(C(C)(C)C)cc1)[C@@H](Cc1ccc(O)cc1)C(N)=O. The third-order valence-electron chi connectivity index (χ3n) is 7.00. The van der Waals surface area contributed by atoms with Crippen LogP contribution >= 0.6 is 0 Å². The predicted molar refractivity (Wildman–Crippen MR) is 161 cm³/mol. The third kappa shape index (κ3) is 7.51. The van der Waals surface area contributed by atoms with Gasteiger partial charge in [-0.3, -0.25) is 14.6 Å². The van der Waals surface area contributed by atoms with Gasteiger partial charge in [0, 0.05) is 50.5 Å². The highest BCUT2D eigenvalue weighted by Gasteiger charge is 2.26. The summed E-state index contributed by atoms with van der Waals surface area (Å²) >= 11 is 0. The fourth-order valence-electron chi connectivity index (χ4n) is 4.68. The summed E-state index contributed by atoms with van der Waals surface area (Å²) in [5, 5.41) is 17.9. The second-order valence-electron chi connectivity index (χ2n) is 11.1. The summed E-state index contributed by atoms with van der Waals surface area (Å²) in [6.45, 7) is 8.87. The number of hydrogen-bond donors (Lipinski definition) is 3. The van der Waals surface area contributed by atoms with Crippen LogP contribution in [0.25, 0.3) is 16.9 Å². The first-order valence-corrected chi connectivity index (χ1v) is 13.7. The van der Waals surface area contributed by atoms with E-state index in [1.165, 1.54) is 17.4 Å². The van der Waals surface area contributed by atoms with E-state index in [9.17, 15) is 14.7 Å². The van der Waals surface area contributed by atoms with Gasteiger partial charge < -0.3 is 21.1 Å². The number of hydrogen-bond acceptors (Lipinski definition) is 6. The van der Waals surface area contributed by atoms with E-state index in [1.54, 1.807) is 36.7 Å². The molecule has 0 aliphatic heterocycles. The number of carbonyl (C=O) groups excluding carboxylic acids is 2. The van der Waals surface area contributed by atoms with Crippen molar-refractivity contribution in [2.45, 2.75) is 52.0 Å². The zero-order valence-corrected chi connectivity index (χ0v) is 24.0. The van der Waals surface area contributed by atoms with Crippen LogP contribution in [0.1, 0.15) is 45.2 Å². The Hall–Kier alpha value is -4.66. The van der Waals surface area contributed by atoms with Crippen molar-refractivity contribution in [3.05, 3.63) is 90.3 Å². The Kier molecular flexibility index (Phi) is 9.07. The predicted octanol–water partition coefficient (Wildman–Crippen LogP) is 4.68. The number of aromatic nitrogens is 3. The van der Waals surface area contributed by atoms with Crippen molar-refractivity contribution in [2.75, 3.05) is 18.4 Å². The average Bonchev–Trinajstić information content (AvgIpc) is 3.37. The quantitative estimate of drug-likeness (QED) is 0.231. The Bertz CT molecular complexity index is 1460. The first kappa shape index (κ1) is 29.3. The number of primary amides is 1. The first-order chi connectivity index (χ1) is 19.5. The van der Waals surface area contributed by atoms with E-state index in [0.717, 1.165) is 28.3 Å². The summed E-state index contributed by atoms with van der Waals surface area (Å²) in [7, 11) is 0. The van der Waals surface area contributed by atoms with Crippen LogP contribution in [-0.4, -0.2) is 55.7 Å². The highest BCUT2D eigenvalue weighted by Crippen LogP contribution is 2.27. The van der Waals surface area contributed by atoms with Crippen LogP contribution in [0.15, 0.2) is 79.1 Å². The lowest BCUT2D eigenvalue weighted by molar-refractivity contribution is -0.137. The molecule has 4 rings (SSSR count). The Morgan fingerprint density at radius 3 is 2.37 bits per heavy atom. The number of phenols is 1. The number of aromatic hydroxyl groups is 1. The molecule has 214 valence electrons. The van der Waals surface area contributed by atoms with Crippen molar-refractivity contribution in [2.24, 2.45) is 5.73 Å². The van der Waals surface area contributed by atoms with E-state index < -0.39 is 11.9 Å². The molecule has 2 heterocycles. The van der Waals surface area contributed by atoms with Gasteiger partial charge >= 0.3 is 0 Å². The van der Waals surface area contributed by atoms with E-state index in [1.807, 2.05) is 22.9 Å². The van der Waals surface area contributed by atoms with Crippen LogP contribution in [0.5, 0.6) is 5.75 Å². The molecule has 2 amide bonds. The molecule has 0 unspecified atom stereocenters. The van der Waals surface area contributed by atoms with Gasteiger partial charge in [0.2, 0.25) is 11.8 Å². The molecule has 0 fully saturated rings. The van der Waals surface area contributed by atoms with Gasteiger partial charge in [0.05, 0.1) is 11.4 Å². The van der Waals surface area contributed by atoms with Crippen LogP contribution < -0.4 is 11.1 Å². The Balaban J connectivity index is 1.50. The number of nitrogens with zero attached hydrogens (tertiary/aromatic N) is 4. The summed E-state index contributed by atoms with van der Waals surface area (Å²) in [5.74, 6) is 0.141. The summed E-state index contributed by atoms with van der Waals surface area (Å²) in [6.07, 6.45) is 4.36. The molecule has 0 aliphatic rings. The van der Waals surface area contributed by atoms with Crippen LogP contribution in [0.3, 0.4) is 0 Å². The van der Waals surface area contributed by atoms with E-state index in [2.05, 4.69) is 55.3 Å². The van der Waals surface area contributed by atoms with Gasteiger partial charge in [-0.15, -0.1) is 0 Å². The number of benzene rings is 2. The summed E-state index contributed by atoms with van der Waals surface area (Å²) in [6, 6.07) is 19.9. The molecule has 2 aromatic carbocycles. The second-order valence-corrected chi connectivity index (χ2v) is 11.1. The summed E-state index contributed by atoms with van der Waals surface area (Å²) in [4.78, 5) is 30.6. The smallest absolute Gasteiger partial charge is 0.240 e. The Morgan fingerprint density at radius 1 is 1.07 bits per heavy atom. The highest BCUT2D eigenvalue weighted by atomic mass is 16.3. The fourth-order valence-corrected chi connectivity index (χ4v) is 4.68. The zero-order chi connectivity index (χ0) is 29.6. The highest BCUT2D eigenvalue weighted by molar-refractivity contribution is 5.86. The van der Waals surface area contributed by atoms with Crippen LogP contribution in [0, 0.1) is 0 Å². The molecule has 1 atom stereocenters. The van der Waals surface area contributed by atoms with Gasteiger partial charge in [0.1, 0.15) is 17.6 Å². The molecule has 0 saturated carbocycles. The minimum atomic E-state index is -0.791. The van der Waals surface area contributed by atoms with Gasteiger partial charge in [-0.25, -0.2) is 4.68 Å². The minimum absolute atomic E-state index is 0.0399. The Labute approximate surface area is 241 Å². The molecule has 9 heteroatoms. The molecular formula is C32H38N6O3. The number of nitrogens with one attached hydrogen (secondary N) is 1. The molecule has 41 heavy (non-hydrogen) atoms. The molecule has 9 nitrogen and oxygen atoms in total. The molecule has 0 bridgehead atoms. The van der Waals surface area contributed by atoms with Crippen molar-refractivity contribution in [3.63, 3.8) is 0 Å². The topological polar surface area (TPSA) is 126 Å². The molecule has 4 aromatic rings. The minimum Gasteiger partial charge on any atom is -0.508 e. The molecule has 0 aliphatic carbocycles. The maximum atomic E-state index is 12.5. The van der Waals surface area contributed by atoms with Crippen molar-refractivity contribution in [1.29, 1.82) is 0 Å². The lowest BCUT2D eigenvalue weighted by Crippen LogP contribution is -2.49. The third-order valence-corrected chi connectivity index (χ3v) is 7.00. The van der Waals surface area contributed by atoms with Gasteiger partial charge in [-0.05, 0) is 59.4 Å². The molecule has 0 radical (unpaired) electrons. The molecular weight excluding hydrogens is 516 g/mol. The van der Waals surface area contributed by atoms with Crippen molar-refractivity contribution in [1.82, 2.24) is 19.7 Å². The van der Waals surface area contributed by atoms with Crippen LogP contribution in [0.2, 0.25) is 0 Å². The standard InChI is InChI=1S/C32H38N6O3/c1-22(39)37(29(31(33)41)19-23-8-14-27(40)15-9-23)18-6-17-35-30-20-28(24-7-5-16-34-21-24)36-38(30)26-12-10-25(11-13-26)32(2,3)4/h5,7-16,20-21,29,35,40H,6,17-19H2,1-4H3,(H2,33,41)/t29-/m0/s1. The van der Waals surface area contributed by atoms with Crippen LogP contribution in [0.4, 0.5) is 5.82 Å². The number of anilines is 1. The molecule has 0 spiro atoms. The molecule has 4 N–H and O–H groups in total. The lowest BCUT2D eigenvalue weighted by atomic mass is 9.87. The normalized spacial score (nSPS) is 12.1. The van der Waals surface area contributed by atoms with E-state index in [4.69, 9.17) is 10.8 Å². The number of pyridine rings is 1. The summed E-state index contributed by atoms with van der Waals surface area (Å²) in [5.41, 5.74) is 10.4. The van der Waals surface area contributed by atoms with Crippen molar-refractivity contribution >= 4 is 17.6 Å². The second kappa shape index (κ2) is 12.7. The van der Waals surface area contributed by atoms with Gasteiger partial charge in [0.15, 0.2) is 0 Å². The largest absolute Gasteiger partial charge is 0.508 e. The van der Waals surface area contributed by atoms with Gasteiger partial charge in [0.25, 0.3) is 0 Å². The maximum Gasteiger partial charge on any atom is 0.240 e. The average molecular weight is 555 g/mol. The molecule has 0 saturated heterocycles. The van der Waals surface area contributed by atoms with E-state index in [-0.39, 0.29) is 23.5 Å². The zero-order valence-electron chi connectivity index (χ0n) is 24.0. The maximum absolute atomic E-state index is 12.5. The number of rotatable bonds is 11. The number of phenolic OH excluding ortho intramolecular Hbond substituents is 1. The number of amides is 2. The van der Waals surface area contributed by atoms with Crippen LogP contribution in [-0.2, 0) is 21.4 Å². The van der Waals surface area contributed by atoms with Gasteiger partial charge in [-0.1, -0.05) is 45.0 Å². The lowest BCUT2D eigenvalue weighted by Gasteiger charge is -2.29. The molecule has 2 aromatic heterocycles. The number of nitrogens with two attached hydrogens (primary N) is 1. The van der Waals surface area contributed by atoms with E-state index in [0.29, 0.717) is 19.5 Å². The monoisotopic (exact) mass is 554 g/mol.